The zero-order chi connectivity index (χ0) is 14.7. The first-order chi connectivity index (χ1) is 9.51. The summed E-state index contributed by atoms with van der Waals surface area (Å²) >= 11 is 3.41. The van der Waals surface area contributed by atoms with Crippen LogP contribution in [0.2, 0.25) is 0 Å². The number of rotatable bonds is 4. The van der Waals surface area contributed by atoms with E-state index in [0.29, 0.717) is 23.5 Å². The third-order valence-electron chi connectivity index (χ3n) is 2.97. The van der Waals surface area contributed by atoms with Crippen LogP contribution in [0, 0.1) is 13.8 Å². The summed E-state index contributed by atoms with van der Waals surface area (Å²) in [7, 11) is 0. The molecule has 0 spiro atoms. The third kappa shape index (κ3) is 3.28. The largest absolute Gasteiger partial charge is 0.493 e. The fourth-order valence-electron chi connectivity index (χ4n) is 2.22. The quantitative estimate of drug-likeness (QED) is 0.759. The molecule has 0 amide bonds. The number of aryl methyl sites for hydroxylation is 2. The van der Waals surface area contributed by atoms with Crippen molar-refractivity contribution in [2.24, 2.45) is 0 Å². The number of carbonyl (C=O) groups is 1. The van der Waals surface area contributed by atoms with E-state index in [4.69, 9.17) is 4.74 Å². The Kier molecular flexibility index (Phi) is 4.61. The molecule has 0 bridgehead atoms. The van der Waals surface area contributed by atoms with E-state index in [9.17, 15) is 4.79 Å². The second kappa shape index (κ2) is 6.23. The van der Waals surface area contributed by atoms with Gasteiger partial charge in [0, 0.05) is 10.0 Å². The molecule has 104 valence electrons. The van der Waals surface area contributed by atoms with Crippen molar-refractivity contribution in [2.75, 3.05) is 6.61 Å². The number of ketones is 1. The summed E-state index contributed by atoms with van der Waals surface area (Å²) in [6, 6.07) is 11.4. The number of carbonyl (C=O) groups excluding carboxylic acids is 1. The van der Waals surface area contributed by atoms with Crippen LogP contribution in [0.4, 0.5) is 0 Å². The first-order valence-electron chi connectivity index (χ1n) is 6.56. The average molecular weight is 333 g/mol. The normalized spacial score (nSPS) is 10.4. The zero-order valence-corrected chi connectivity index (χ0v) is 13.5. The predicted octanol–water partition coefficient (Wildman–Crippen LogP) is 4.70. The molecular weight excluding hydrogens is 316 g/mol. The third-order valence-corrected chi connectivity index (χ3v) is 3.46. The first kappa shape index (κ1) is 14.8. The van der Waals surface area contributed by atoms with Crippen molar-refractivity contribution < 1.29 is 9.53 Å². The second-order valence-corrected chi connectivity index (χ2v) is 5.69. The van der Waals surface area contributed by atoms with Gasteiger partial charge in [0.1, 0.15) is 5.75 Å². The van der Waals surface area contributed by atoms with Gasteiger partial charge in [-0.05, 0) is 51.1 Å². The lowest BCUT2D eigenvalue weighted by molar-refractivity contribution is 0.103. The van der Waals surface area contributed by atoms with Crippen molar-refractivity contribution >= 4 is 21.7 Å². The van der Waals surface area contributed by atoms with E-state index in [-0.39, 0.29) is 5.78 Å². The van der Waals surface area contributed by atoms with E-state index in [1.807, 2.05) is 51.1 Å². The van der Waals surface area contributed by atoms with E-state index in [1.165, 1.54) is 0 Å². The minimum atomic E-state index is -0.0125. The molecule has 0 unspecified atom stereocenters. The van der Waals surface area contributed by atoms with E-state index in [1.54, 1.807) is 0 Å². The SMILES string of the molecule is CCOc1ccc(Br)cc1C(=O)c1cc(C)cc(C)c1. The molecule has 0 aliphatic rings. The standard InChI is InChI=1S/C17H17BrO2/c1-4-20-16-6-5-14(18)10-15(16)17(19)13-8-11(2)7-12(3)9-13/h5-10H,4H2,1-3H3. The van der Waals surface area contributed by atoms with Crippen LogP contribution in [0.15, 0.2) is 40.9 Å². The molecule has 2 rings (SSSR count). The van der Waals surface area contributed by atoms with Crippen LogP contribution in [0.25, 0.3) is 0 Å². The van der Waals surface area contributed by atoms with Crippen LogP contribution >= 0.6 is 15.9 Å². The van der Waals surface area contributed by atoms with Crippen molar-refractivity contribution in [2.45, 2.75) is 20.8 Å². The van der Waals surface area contributed by atoms with Gasteiger partial charge in [-0.25, -0.2) is 0 Å². The minimum Gasteiger partial charge on any atom is -0.493 e. The highest BCUT2D eigenvalue weighted by Crippen LogP contribution is 2.26. The molecule has 0 heterocycles. The monoisotopic (exact) mass is 332 g/mol. The molecule has 0 saturated heterocycles. The molecule has 0 aliphatic carbocycles. The van der Waals surface area contributed by atoms with Gasteiger partial charge >= 0.3 is 0 Å². The molecule has 3 heteroatoms. The summed E-state index contributed by atoms with van der Waals surface area (Å²) in [5, 5.41) is 0. The Morgan fingerprint density at radius 1 is 1.10 bits per heavy atom. The van der Waals surface area contributed by atoms with Crippen molar-refractivity contribution in [3.63, 3.8) is 0 Å². The highest BCUT2D eigenvalue weighted by molar-refractivity contribution is 9.10. The van der Waals surface area contributed by atoms with Crippen molar-refractivity contribution in [3.8, 4) is 5.75 Å². The average Bonchev–Trinajstić information content (AvgIpc) is 2.39. The van der Waals surface area contributed by atoms with Gasteiger partial charge in [0.15, 0.2) is 5.78 Å². The van der Waals surface area contributed by atoms with Crippen molar-refractivity contribution in [1.29, 1.82) is 0 Å². The van der Waals surface area contributed by atoms with Gasteiger partial charge < -0.3 is 4.74 Å². The maximum atomic E-state index is 12.7. The van der Waals surface area contributed by atoms with Gasteiger partial charge in [0.25, 0.3) is 0 Å². The smallest absolute Gasteiger partial charge is 0.196 e. The molecule has 20 heavy (non-hydrogen) atoms. The fraction of sp³-hybridized carbons (Fsp3) is 0.235. The van der Waals surface area contributed by atoms with E-state index in [0.717, 1.165) is 15.6 Å². The highest BCUT2D eigenvalue weighted by Gasteiger charge is 2.15. The summed E-state index contributed by atoms with van der Waals surface area (Å²) < 4.78 is 6.42. The number of benzene rings is 2. The van der Waals surface area contributed by atoms with Crippen LogP contribution in [-0.4, -0.2) is 12.4 Å². The Morgan fingerprint density at radius 2 is 1.75 bits per heavy atom. The van der Waals surface area contributed by atoms with Crippen LogP contribution in [0.5, 0.6) is 5.75 Å². The highest BCUT2D eigenvalue weighted by atomic mass is 79.9. The molecule has 0 atom stereocenters. The van der Waals surface area contributed by atoms with Crippen molar-refractivity contribution in [3.05, 3.63) is 63.1 Å². The molecule has 2 aromatic rings. The molecule has 2 nitrogen and oxygen atoms in total. The Labute approximate surface area is 127 Å². The van der Waals surface area contributed by atoms with Gasteiger partial charge in [-0.15, -0.1) is 0 Å². The lowest BCUT2D eigenvalue weighted by Crippen LogP contribution is -2.06. The summed E-state index contributed by atoms with van der Waals surface area (Å²) in [4.78, 5) is 12.7. The van der Waals surface area contributed by atoms with Crippen LogP contribution in [0.3, 0.4) is 0 Å². The number of hydrogen-bond donors (Lipinski definition) is 0. The number of hydrogen-bond acceptors (Lipinski definition) is 2. The van der Waals surface area contributed by atoms with Crippen molar-refractivity contribution in [1.82, 2.24) is 0 Å². The second-order valence-electron chi connectivity index (χ2n) is 4.78. The Bertz CT molecular complexity index is 627. The van der Waals surface area contributed by atoms with Gasteiger partial charge in [-0.2, -0.15) is 0 Å². The summed E-state index contributed by atoms with van der Waals surface area (Å²) in [6.45, 7) is 6.43. The van der Waals surface area contributed by atoms with E-state index >= 15 is 0 Å². The Morgan fingerprint density at radius 3 is 2.35 bits per heavy atom. The fourth-order valence-corrected chi connectivity index (χ4v) is 2.58. The summed E-state index contributed by atoms with van der Waals surface area (Å²) in [5.74, 6) is 0.612. The molecule has 0 aliphatic heterocycles. The first-order valence-corrected chi connectivity index (χ1v) is 7.36. The van der Waals surface area contributed by atoms with Crippen LogP contribution in [-0.2, 0) is 0 Å². The molecule has 2 aromatic carbocycles. The zero-order valence-electron chi connectivity index (χ0n) is 11.9. The maximum Gasteiger partial charge on any atom is 0.196 e. The lowest BCUT2D eigenvalue weighted by Gasteiger charge is -2.11. The van der Waals surface area contributed by atoms with Gasteiger partial charge in [0.05, 0.1) is 12.2 Å². The topological polar surface area (TPSA) is 26.3 Å². The lowest BCUT2D eigenvalue weighted by atomic mass is 9.99. The predicted molar refractivity (Wildman–Crippen MR) is 84.7 cm³/mol. The van der Waals surface area contributed by atoms with Gasteiger partial charge in [0.2, 0.25) is 0 Å². The summed E-state index contributed by atoms with van der Waals surface area (Å²) in [6.07, 6.45) is 0. The van der Waals surface area contributed by atoms with E-state index < -0.39 is 0 Å². The van der Waals surface area contributed by atoms with E-state index in [2.05, 4.69) is 22.0 Å². The number of halogens is 1. The molecule has 0 aromatic heterocycles. The Hall–Kier alpha value is -1.61. The van der Waals surface area contributed by atoms with Crippen LogP contribution < -0.4 is 4.74 Å². The molecule has 0 saturated carbocycles. The molecule has 0 N–H and O–H groups in total. The van der Waals surface area contributed by atoms with Gasteiger partial charge in [-0.1, -0.05) is 33.1 Å². The Balaban J connectivity index is 2.49. The van der Waals surface area contributed by atoms with Gasteiger partial charge in [-0.3, -0.25) is 4.79 Å². The molecule has 0 radical (unpaired) electrons. The molecule has 0 fully saturated rings. The van der Waals surface area contributed by atoms with Crippen LogP contribution in [0.1, 0.15) is 34.0 Å². The minimum absolute atomic E-state index is 0.0125. The number of ether oxygens (including phenoxy) is 1. The summed E-state index contributed by atoms with van der Waals surface area (Å²) in [5.41, 5.74) is 3.45. The maximum absolute atomic E-state index is 12.7. The molecular formula is C17H17BrO2.